The Balaban J connectivity index is 4.55. The van der Waals surface area contributed by atoms with Crippen molar-refractivity contribution in [2.24, 2.45) is 0 Å². The Hall–Kier alpha value is -1.14. The molecule has 0 aromatic carbocycles. The van der Waals surface area contributed by atoms with Crippen LogP contribution in [0.1, 0.15) is 13.8 Å². The molecule has 13 heavy (non-hydrogen) atoms. The number of aliphatic carboxylic acids is 2. The van der Waals surface area contributed by atoms with Gasteiger partial charge in [0.2, 0.25) is 5.72 Å². The number of carbonyl (C=O) groups is 2. The highest BCUT2D eigenvalue weighted by molar-refractivity contribution is 5.77. The van der Waals surface area contributed by atoms with E-state index in [1.807, 2.05) is 0 Å². The van der Waals surface area contributed by atoms with Gasteiger partial charge in [-0.05, 0) is 13.5 Å². The van der Waals surface area contributed by atoms with Crippen molar-refractivity contribution in [2.45, 2.75) is 19.6 Å². The van der Waals surface area contributed by atoms with E-state index >= 15 is 0 Å². The zero-order valence-electron chi connectivity index (χ0n) is 7.52. The SMILES string of the molecule is CCN(CC(=O)O)[C@@](C)(O)C(=O)O. The first-order valence-electron chi connectivity index (χ1n) is 3.75. The van der Waals surface area contributed by atoms with Crippen LogP contribution in [0.25, 0.3) is 0 Å². The molecule has 1 atom stereocenters. The Labute approximate surface area is 75.4 Å². The van der Waals surface area contributed by atoms with Crippen molar-refractivity contribution in [3.8, 4) is 0 Å². The van der Waals surface area contributed by atoms with Crippen molar-refractivity contribution < 1.29 is 24.9 Å². The summed E-state index contributed by atoms with van der Waals surface area (Å²) < 4.78 is 0. The van der Waals surface area contributed by atoms with Crippen LogP contribution in [-0.2, 0) is 9.59 Å². The molecule has 0 aliphatic heterocycles. The molecule has 6 heteroatoms. The molecule has 0 aromatic heterocycles. The van der Waals surface area contributed by atoms with Crippen LogP contribution in [-0.4, -0.2) is 51.0 Å². The van der Waals surface area contributed by atoms with Gasteiger partial charge in [-0.2, -0.15) is 0 Å². The average molecular weight is 191 g/mol. The van der Waals surface area contributed by atoms with Crippen LogP contribution in [0.3, 0.4) is 0 Å². The molecular formula is C7H13NO5. The predicted octanol–water partition coefficient (Wildman–Crippen LogP) is -0.814. The summed E-state index contributed by atoms with van der Waals surface area (Å²) in [5.41, 5.74) is -2.13. The lowest BCUT2D eigenvalue weighted by molar-refractivity contribution is -0.180. The highest BCUT2D eigenvalue weighted by Gasteiger charge is 2.37. The molecule has 0 heterocycles. The maximum atomic E-state index is 10.5. The molecule has 0 aromatic rings. The Kier molecular flexibility index (Phi) is 3.83. The molecular weight excluding hydrogens is 178 g/mol. The molecule has 76 valence electrons. The van der Waals surface area contributed by atoms with Crippen molar-refractivity contribution in [1.82, 2.24) is 4.90 Å². The van der Waals surface area contributed by atoms with E-state index in [-0.39, 0.29) is 6.54 Å². The van der Waals surface area contributed by atoms with E-state index in [4.69, 9.17) is 10.2 Å². The monoisotopic (exact) mass is 191 g/mol. The Morgan fingerprint density at radius 1 is 1.38 bits per heavy atom. The molecule has 0 saturated heterocycles. The first kappa shape index (κ1) is 11.9. The fraction of sp³-hybridized carbons (Fsp3) is 0.714. The average Bonchev–Trinajstić information content (AvgIpc) is 1.99. The summed E-state index contributed by atoms with van der Waals surface area (Å²) in [6.45, 7) is 2.25. The van der Waals surface area contributed by atoms with Crippen LogP contribution in [0.4, 0.5) is 0 Å². The van der Waals surface area contributed by atoms with Crippen molar-refractivity contribution in [2.75, 3.05) is 13.1 Å². The van der Waals surface area contributed by atoms with Gasteiger partial charge in [-0.15, -0.1) is 0 Å². The fourth-order valence-electron chi connectivity index (χ4n) is 0.872. The second kappa shape index (κ2) is 4.20. The van der Waals surface area contributed by atoms with Crippen LogP contribution in [0.5, 0.6) is 0 Å². The molecule has 0 fully saturated rings. The van der Waals surface area contributed by atoms with E-state index in [0.29, 0.717) is 0 Å². The molecule has 0 spiro atoms. The number of hydrogen-bond donors (Lipinski definition) is 3. The van der Waals surface area contributed by atoms with Gasteiger partial charge in [-0.25, -0.2) is 4.79 Å². The highest BCUT2D eigenvalue weighted by atomic mass is 16.4. The summed E-state index contributed by atoms with van der Waals surface area (Å²) in [6.07, 6.45) is 0. The molecule has 0 bridgehead atoms. The van der Waals surface area contributed by atoms with Crippen LogP contribution in [0.2, 0.25) is 0 Å². The summed E-state index contributed by atoms with van der Waals surface area (Å²) in [5.74, 6) is -2.64. The van der Waals surface area contributed by atoms with Crippen LogP contribution < -0.4 is 0 Å². The lowest BCUT2D eigenvalue weighted by Crippen LogP contribution is -2.54. The van der Waals surface area contributed by atoms with Gasteiger partial charge >= 0.3 is 11.9 Å². The summed E-state index contributed by atoms with van der Waals surface area (Å²) in [7, 11) is 0. The minimum absolute atomic E-state index is 0.144. The third-order valence-corrected chi connectivity index (χ3v) is 1.73. The zero-order valence-corrected chi connectivity index (χ0v) is 7.52. The normalized spacial score (nSPS) is 15.4. The quantitative estimate of drug-likeness (QED) is 0.491. The number of likely N-dealkylation sites (N-methyl/N-ethyl adjacent to an activating group) is 1. The second-order valence-corrected chi connectivity index (χ2v) is 2.73. The lowest BCUT2D eigenvalue weighted by atomic mass is 10.2. The van der Waals surface area contributed by atoms with Gasteiger partial charge < -0.3 is 15.3 Å². The lowest BCUT2D eigenvalue weighted by Gasteiger charge is -2.30. The number of hydrogen-bond acceptors (Lipinski definition) is 4. The van der Waals surface area contributed by atoms with E-state index in [1.54, 1.807) is 6.92 Å². The summed E-state index contributed by atoms with van der Waals surface area (Å²) in [5, 5.41) is 26.3. The summed E-state index contributed by atoms with van der Waals surface area (Å²) >= 11 is 0. The van der Waals surface area contributed by atoms with E-state index in [9.17, 15) is 14.7 Å². The van der Waals surface area contributed by atoms with Gasteiger partial charge in [0.25, 0.3) is 0 Å². The fourth-order valence-corrected chi connectivity index (χ4v) is 0.872. The van der Waals surface area contributed by atoms with Crippen molar-refractivity contribution in [1.29, 1.82) is 0 Å². The summed E-state index contributed by atoms with van der Waals surface area (Å²) in [6, 6.07) is 0. The molecule has 0 saturated carbocycles. The minimum Gasteiger partial charge on any atom is -0.480 e. The number of rotatable bonds is 5. The molecule has 0 rings (SSSR count). The van der Waals surface area contributed by atoms with Crippen molar-refractivity contribution >= 4 is 11.9 Å². The van der Waals surface area contributed by atoms with E-state index in [2.05, 4.69) is 0 Å². The number of nitrogens with zero attached hydrogens (tertiary/aromatic N) is 1. The molecule has 0 amide bonds. The summed E-state index contributed by atoms with van der Waals surface area (Å²) in [4.78, 5) is 21.8. The van der Waals surface area contributed by atoms with Crippen LogP contribution in [0, 0.1) is 0 Å². The van der Waals surface area contributed by atoms with Crippen molar-refractivity contribution in [3.63, 3.8) is 0 Å². The third-order valence-electron chi connectivity index (χ3n) is 1.73. The molecule has 0 unspecified atom stereocenters. The maximum absolute atomic E-state index is 10.5. The highest BCUT2D eigenvalue weighted by Crippen LogP contribution is 2.10. The van der Waals surface area contributed by atoms with E-state index in [0.717, 1.165) is 11.8 Å². The predicted molar refractivity (Wildman–Crippen MR) is 43.1 cm³/mol. The van der Waals surface area contributed by atoms with Gasteiger partial charge in [0.15, 0.2) is 0 Å². The largest absolute Gasteiger partial charge is 0.480 e. The number of carboxylic acid groups (broad SMARTS) is 2. The van der Waals surface area contributed by atoms with Gasteiger partial charge in [0.05, 0.1) is 6.54 Å². The molecule has 0 aliphatic carbocycles. The zero-order chi connectivity index (χ0) is 10.6. The van der Waals surface area contributed by atoms with Gasteiger partial charge in [0.1, 0.15) is 0 Å². The molecule has 0 aliphatic rings. The minimum atomic E-state index is -2.13. The molecule has 3 N–H and O–H groups in total. The second-order valence-electron chi connectivity index (χ2n) is 2.73. The topological polar surface area (TPSA) is 98.1 Å². The Morgan fingerprint density at radius 2 is 1.85 bits per heavy atom. The first-order valence-corrected chi connectivity index (χ1v) is 3.75. The van der Waals surface area contributed by atoms with Gasteiger partial charge in [-0.3, -0.25) is 9.69 Å². The Morgan fingerprint density at radius 3 is 2.08 bits per heavy atom. The van der Waals surface area contributed by atoms with Crippen molar-refractivity contribution in [3.05, 3.63) is 0 Å². The van der Waals surface area contributed by atoms with E-state index < -0.39 is 24.2 Å². The standard InChI is InChI=1S/C7H13NO5/c1-3-8(4-5(9)10)7(2,13)6(11)12/h13H,3-4H2,1-2H3,(H,9,10)(H,11,12)/t7-/m0/s1. The first-order chi connectivity index (χ1) is 5.82. The van der Waals surface area contributed by atoms with E-state index in [1.165, 1.54) is 0 Å². The Bertz CT molecular complexity index is 213. The number of carboxylic acids is 2. The van der Waals surface area contributed by atoms with Crippen LogP contribution in [0.15, 0.2) is 0 Å². The van der Waals surface area contributed by atoms with Gasteiger partial charge in [0, 0.05) is 0 Å². The third kappa shape index (κ3) is 3.00. The number of aliphatic hydroxyl groups is 1. The molecule has 6 nitrogen and oxygen atoms in total. The maximum Gasteiger partial charge on any atom is 0.351 e. The molecule has 0 radical (unpaired) electrons. The smallest absolute Gasteiger partial charge is 0.351 e. The van der Waals surface area contributed by atoms with Gasteiger partial charge in [-0.1, -0.05) is 6.92 Å². The van der Waals surface area contributed by atoms with Crippen LogP contribution >= 0.6 is 0 Å².